The van der Waals surface area contributed by atoms with Gasteiger partial charge in [0.1, 0.15) is 0 Å². The Morgan fingerprint density at radius 3 is 2.31 bits per heavy atom. The van der Waals surface area contributed by atoms with Gasteiger partial charge in [0.2, 0.25) is 0 Å². The number of ether oxygens (including phenoxy) is 1. The average molecular weight is 382 g/mol. The second-order valence-electron chi connectivity index (χ2n) is 2.79. The van der Waals surface area contributed by atoms with Crippen LogP contribution in [0.1, 0.15) is 12.5 Å². The van der Waals surface area contributed by atoms with E-state index < -0.39 is 16.8 Å². The van der Waals surface area contributed by atoms with Gasteiger partial charge in [-0.1, -0.05) is 27.5 Å². The minimum absolute atomic E-state index is 0.000285. The molecule has 0 aliphatic carbocycles. The van der Waals surface area contributed by atoms with Gasteiger partial charge < -0.3 is 4.74 Å². The standard InChI is InChI=1S/C9H6Br2ClF3O/c1-2-16-8-5(11)3-4(10)6(7(8)12)9(13,14)15/h3H,2H2,1H3. The van der Waals surface area contributed by atoms with Crippen molar-refractivity contribution in [1.82, 2.24) is 0 Å². The van der Waals surface area contributed by atoms with Gasteiger partial charge >= 0.3 is 6.18 Å². The first-order chi connectivity index (χ1) is 7.29. The second kappa shape index (κ2) is 5.14. The summed E-state index contributed by atoms with van der Waals surface area (Å²) in [6.45, 7) is 1.90. The van der Waals surface area contributed by atoms with Crippen LogP contribution in [0.5, 0.6) is 5.75 Å². The summed E-state index contributed by atoms with van der Waals surface area (Å²) in [5.41, 5.74) is -0.930. The van der Waals surface area contributed by atoms with Crippen LogP contribution in [0.25, 0.3) is 0 Å². The third kappa shape index (κ3) is 2.84. The van der Waals surface area contributed by atoms with Crippen molar-refractivity contribution in [2.75, 3.05) is 6.61 Å². The Labute approximate surface area is 112 Å². The summed E-state index contributed by atoms with van der Waals surface area (Å²) in [5.74, 6) is -0.000285. The van der Waals surface area contributed by atoms with Crippen molar-refractivity contribution in [3.63, 3.8) is 0 Å². The summed E-state index contributed by atoms with van der Waals surface area (Å²) in [6, 6.07) is 1.26. The van der Waals surface area contributed by atoms with Crippen molar-refractivity contribution >= 4 is 43.5 Å². The summed E-state index contributed by atoms with van der Waals surface area (Å²) in [5, 5.41) is -0.449. The molecule has 0 aliphatic rings. The van der Waals surface area contributed by atoms with Gasteiger partial charge in [-0.25, -0.2) is 0 Å². The van der Waals surface area contributed by atoms with Crippen molar-refractivity contribution < 1.29 is 17.9 Å². The maximum absolute atomic E-state index is 12.7. The lowest BCUT2D eigenvalue weighted by Gasteiger charge is -2.16. The van der Waals surface area contributed by atoms with Gasteiger partial charge in [-0.05, 0) is 28.9 Å². The maximum Gasteiger partial charge on any atom is 0.419 e. The van der Waals surface area contributed by atoms with Crippen molar-refractivity contribution in [3.8, 4) is 5.75 Å². The van der Waals surface area contributed by atoms with Crippen molar-refractivity contribution in [1.29, 1.82) is 0 Å². The third-order valence-electron chi connectivity index (χ3n) is 1.70. The predicted molar refractivity (Wildman–Crippen MR) is 63.0 cm³/mol. The molecule has 0 fully saturated rings. The number of rotatable bonds is 2. The third-order valence-corrected chi connectivity index (χ3v) is 3.28. The Morgan fingerprint density at radius 2 is 1.88 bits per heavy atom. The molecule has 1 aromatic carbocycles. The lowest BCUT2D eigenvalue weighted by Crippen LogP contribution is -2.08. The maximum atomic E-state index is 12.7. The fourth-order valence-corrected chi connectivity index (χ4v) is 3.20. The zero-order valence-electron chi connectivity index (χ0n) is 7.96. The Bertz CT molecular complexity index is 407. The lowest BCUT2D eigenvalue weighted by molar-refractivity contribution is -0.138. The molecule has 16 heavy (non-hydrogen) atoms. The second-order valence-corrected chi connectivity index (χ2v) is 4.88. The van der Waals surface area contributed by atoms with Gasteiger partial charge in [-0.15, -0.1) is 0 Å². The van der Waals surface area contributed by atoms with Crippen LogP contribution < -0.4 is 4.74 Å². The molecule has 0 N–H and O–H groups in total. The first-order valence-electron chi connectivity index (χ1n) is 4.16. The molecule has 90 valence electrons. The largest absolute Gasteiger partial charge is 0.491 e. The number of hydrogen-bond donors (Lipinski definition) is 0. The summed E-state index contributed by atoms with van der Waals surface area (Å²) in [4.78, 5) is 0. The number of hydrogen-bond acceptors (Lipinski definition) is 1. The highest BCUT2D eigenvalue weighted by Crippen LogP contribution is 2.47. The van der Waals surface area contributed by atoms with Gasteiger partial charge in [-0.3, -0.25) is 0 Å². The number of alkyl halides is 3. The topological polar surface area (TPSA) is 9.23 Å². The molecule has 0 aromatic heterocycles. The van der Waals surface area contributed by atoms with E-state index in [-0.39, 0.29) is 16.8 Å². The van der Waals surface area contributed by atoms with E-state index in [1.54, 1.807) is 6.92 Å². The van der Waals surface area contributed by atoms with Crippen LogP contribution in [-0.4, -0.2) is 6.61 Å². The summed E-state index contributed by atoms with van der Waals surface area (Å²) >= 11 is 11.6. The minimum atomic E-state index is -4.53. The average Bonchev–Trinajstić information content (AvgIpc) is 2.09. The lowest BCUT2D eigenvalue weighted by atomic mass is 10.2. The van der Waals surface area contributed by atoms with Crippen LogP contribution in [0.3, 0.4) is 0 Å². The smallest absolute Gasteiger partial charge is 0.419 e. The molecule has 0 aliphatic heterocycles. The molecule has 1 rings (SSSR count). The van der Waals surface area contributed by atoms with Gasteiger partial charge in [0.05, 0.1) is 21.7 Å². The van der Waals surface area contributed by atoms with Crippen LogP contribution in [0, 0.1) is 0 Å². The molecule has 0 heterocycles. The normalized spacial score (nSPS) is 11.7. The molecule has 0 saturated carbocycles. The highest BCUT2D eigenvalue weighted by atomic mass is 79.9. The molecular weight excluding hydrogens is 376 g/mol. The molecule has 0 spiro atoms. The molecule has 0 radical (unpaired) electrons. The Hall–Kier alpha value is 0.0600. The van der Waals surface area contributed by atoms with E-state index in [2.05, 4.69) is 31.9 Å². The molecule has 0 unspecified atom stereocenters. The van der Waals surface area contributed by atoms with Crippen LogP contribution in [0.15, 0.2) is 15.0 Å². The van der Waals surface area contributed by atoms with Gasteiger partial charge in [0.25, 0.3) is 0 Å². The predicted octanol–water partition coefficient (Wildman–Crippen LogP) is 5.28. The van der Waals surface area contributed by atoms with E-state index in [1.165, 1.54) is 6.07 Å². The van der Waals surface area contributed by atoms with Gasteiger partial charge in [-0.2, -0.15) is 13.2 Å². The quantitative estimate of drug-likeness (QED) is 0.676. The minimum Gasteiger partial charge on any atom is -0.491 e. The molecule has 0 bridgehead atoms. The highest BCUT2D eigenvalue weighted by molar-refractivity contribution is 9.11. The summed E-state index contributed by atoms with van der Waals surface area (Å²) in [6.07, 6.45) is -4.53. The van der Waals surface area contributed by atoms with Crippen LogP contribution in [0.2, 0.25) is 5.02 Å². The molecule has 0 saturated heterocycles. The molecule has 0 atom stereocenters. The van der Waals surface area contributed by atoms with E-state index in [9.17, 15) is 13.2 Å². The fourth-order valence-electron chi connectivity index (χ4n) is 1.11. The van der Waals surface area contributed by atoms with E-state index in [0.29, 0.717) is 4.47 Å². The molecule has 0 amide bonds. The Morgan fingerprint density at radius 1 is 1.31 bits per heavy atom. The SMILES string of the molecule is CCOc1c(Br)cc(Br)c(C(F)(F)F)c1Cl. The highest BCUT2D eigenvalue weighted by Gasteiger charge is 2.37. The van der Waals surface area contributed by atoms with Gasteiger partial charge in [0, 0.05) is 4.47 Å². The summed E-state index contributed by atoms with van der Waals surface area (Å²) in [7, 11) is 0. The van der Waals surface area contributed by atoms with Crippen molar-refractivity contribution in [3.05, 3.63) is 25.6 Å². The summed E-state index contributed by atoms with van der Waals surface area (Å²) < 4.78 is 43.3. The van der Waals surface area contributed by atoms with Crippen molar-refractivity contribution in [2.45, 2.75) is 13.1 Å². The molecule has 1 nitrogen and oxygen atoms in total. The number of halogens is 6. The number of benzene rings is 1. The van der Waals surface area contributed by atoms with E-state index in [0.717, 1.165) is 0 Å². The van der Waals surface area contributed by atoms with Crippen LogP contribution >= 0.6 is 43.5 Å². The first kappa shape index (κ1) is 14.1. The van der Waals surface area contributed by atoms with E-state index in [1.807, 2.05) is 0 Å². The van der Waals surface area contributed by atoms with E-state index in [4.69, 9.17) is 16.3 Å². The molecule has 1 aromatic rings. The van der Waals surface area contributed by atoms with Gasteiger partial charge in [0.15, 0.2) is 5.75 Å². The van der Waals surface area contributed by atoms with Crippen LogP contribution in [0.4, 0.5) is 13.2 Å². The Balaban J connectivity index is 3.45. The molecule has 7 heteroatoms. The van der Waals surface area contributed by atoms with Crippen LogP contribution in [-0.2, 0) is 6.18 Å². The molecular formula is C9H6Br2ClF3O. The first-order valence-corrected chi connectivity index (χ1v) is 6.13. The zero-order valence-corrected chi connectivity index (χ0v) is 11.9. The fraction of sp³-hybridized carbons (Fsp3) is 0.333. The van der Waals surface area contributed by atoms with Crippen molar-refractivity contribution in [2.24, 2.45) is 0 Å². The van der Waals surface area contributed by atoms with E-state index >= 15 is 0 Å². The zero-order chi connectivity index (χ0) is 12.5. The Kier molecular flexibility index (Phi) is 4.54. The monoisotopic (exact) mass is 380 g/mol.